The molecular weight excluding hydrogens is 305 g/mol. The van der Waals surface area contributed by atoms with Gasteiger partial charge in [-0.3, -0.25) is 14.4 Å². The third-order valence-corrected chi connectivity index (χ3v) is 5.07. The lowest BCUT2D eigenvalue weighted by molar-refractivity contribution is -0.126. The van der Waals surface area contributed by atoms with E-state index in [-0.39, 0.29) is 54.8 Å². The fourth-order valence-electron chi connectivity index (χ4n) is 3.81. The average Bonchev–Trinajstić information content (AvgIpc) is 2.82. The summed E-state index contributed by atoms with van der Waals surface area (Å²) in [6.07, 6.45) is 0.379. The molecule has 0 aromatic carbocycles. The van der Waals surface area contributed by atoms with Crippen molar-refractivity contribution in [2.45, 2.75) is 12.5 Å². The molecule has 7 nitrogen and oxygen atoms in total. The summed E-state index contributed by atoms with van der Waals surface area (Å²) in [5.74, 6) is -1.56. The van der Waals surface area contributed by atoms with Crippen molar-refractivity contribution >= 4 is 17.6 Å². The standard InChI is InChI=1S/C15H16FN3O4/c16-8-2-9(19-4-11(14(17)21)23-5-19)10(20)1-6(8)12-7-3-18-15(22)13(7)12/h2,7,11-13H,1,3-5H2,(H2,17,21)(H,18,22)/t7-,11-,12-,13-/m1/s1. The number of halogens is 1. The topological polar surface area (TPSA) is 102 Å². The molecule has 4 rings (SSSR count). The van der Waals surface area contributed by atoms with Gasteiger partial charge in [-0.15, -0.1) is 0 Å². The maximum Gasteiger partial charge on any atom is 0.248 e. The number of carbonyl (C=O) groups is 3. The van der Waals surface area contributed by atoms with Crippen molar-refractivity contribution in [2.24, 2.45) is 23.5 Å². The van der Waals surface area contributed by atoms with Crippen LogP contribution in [0.4, 0.5) is 4.39 Å². The highest BCUT2D eigenvalue weighted by atomic mass is 19.1. The molecule has 0 spiro atoms. The number of nitrogens with zero attached hydrogens (tertiary/aromatic N) is 1. The van der Waals surface area contributed by atoms with Crippen molar-refractivity contribution in [3.8, 4) is 0 Å². The van der Waals surface area contributed by atoms with Gasteiger partial charge in [0.15, 0.2) is 11.9 Å². The molecule has 0 aromatic rings. The molecule has 2 aliphatic heterocycles. The number of ketones is 1. The first-order valence-electron chi connectivity index (χ1n) is 7.54. The Bertz CT molecular complexity index is 686. The SMILES string of the molecule is NC(=O)[C@H]1CN(C2=CC(F)=C([C@@H]3[C@H]4CNC(=O)[C@H]43)CC2=O)CO1. The van der Waals surface area contributed by atoms with Gasteiger partial charge in [-0.25, -0.2) is 4.39 Å². The van der Waals surface area contributed by atoms with E-state index in [0.29, 0.717) is 12.1 Å². The van der Waals surface area contributed by atoms with Crippen LogP contribution < -0.4 is 11.1 Å². The van der Waals surface area contributed by atoms with Gasteiger partial charge in [-0.1, -0.05) is 0 Å². The number of fused-ring (bicyclic) bond motifs is 1. The number of primary amides is 1. The maximum atomic E-state index is 14.5. The molecule has 3 fully saturated rings. The first-order chi connectivity index (χ1) is 11.0. The predicted octanol–water partition coefficient (Wildman–Crippen LogP) is -0.798. The number of nitrogens with two attached hydrogens (primary N) is 1. The first kappa shape index (κ1) is 14.4. The second-order valence-corrected chi connectivity index (χ2v) is 6.37. The van der Waals surface area contributed by atoms with Crippen molar-refractivity contribution in [1.29, 1.82) is 0 Å². The molecule has 3 N–H and O–H groups in total. The number of hydrogen-bond acceptors (Lipinski definition) is 5. The molecule has 2 aliphatic carbocycles. The minimum Gasteiger partial charge on any atom is -0.367 e. The molecule has 2 saturated heterocycles. The monoisotopic (exact) mass is 321 g/mol. The maximum absolute atomic E-state index is 14.5. The largest absolute Gasteiger partial charge is 0.367 e. The van der Waals surface area contributed by atoms with Crippen LogP contribution in [0.2, 0.25) is 0 Å². The lowest BCUT2D eigenvalue weighted by Crippen LogP contribution is -2.34. The third-order valence-electron chi connectivity index (χ3n) is 5.07. The number of nitrogens with one attached hydrogen (secondary N) is 1. The van der Waals surface area contributed by atoms with E-state index < -0.39 is 17.8 Å². The van der Waals surface area contributed by atoms with E-state index in [1.54, 1.807) is 0 Å². The van der Waals surface area contributed by atoms with Crippen molar-refractivity contribution in [2.75, 3.05) is 19.8 Å². The number of piperidine rings is 1. The molecule has 0 radical (unpaired) electrons. The number of amides is 2. The van der Waals surface area contributed by atoms with Crippen LogP contribution in [0.5, 0.6) is 0 Å². The number of allylic oxidation sites excluding steroid dienone is 4. The number of ether oxygens (including phenoxy) is 1. The summed E-state index contributed by atoms with van der Waals surface area (Å²) in [6.45, 7) is 0.730. The number of rotatable bonds is 3. The van der Waals surface area contributed by atoms with E-state index in [4.69, 9.17) is 10.5 Å². The van der Waals surface area contributed by atoms with Gasteiger partial charge in [0.25, 0.3) is 0 Å². The van der Waals surface area contributed by atoms with Gasteiger partial charge < -0.3 is 20.7 Å². The smallest absolute Gasteiger partial charge is 0.248 e. The van der Waals surface area contributed by atoms with Crippen LogP contribution >= 0.6 is 0 Å². The Morgan fingerprint density at radius 3 is 2.78 bits per heavy atom. The number of Topliss-reactive ketones (excluding diaryl/α,β-unsaturated/α-hetero) is 1. The van der Waals surface area contributed by atoms with Crippen LogP contribution in [-0.4, -0.2) is 48.4 Å². The van der Waals surface area contributed by atoms with Crippen LogP contribution in [-0.2, 0) is 19.1 Å². The molecule has 1 saturated carbocycles. The van der Waals surface area contributed by atoms with Gasteiger partial charge in [-0.2, -0.15) is 0 Å². The molecule has 0 aromatic heterocycles. The fourth-order valence-corrected chi connectivity index (χ4v) is 3.81. The van der Waals surface area contributed by atoms with Crippen molar-refractivity contribution in [3.05, 3.63) is 23.2 Å². The van der Waals surface area contributed by atoms with Gasteiger partial charge in [0.1, 0.15) is 12.6 Å². The molecule has 0 unspecified atom stereocenters. The summed E-state index contributed by atoms with van der Waals surface area (Å²) in [7, 11) is 0. The Labute approximate surface area is 131 Å². The molecule has 2 heterocycles. The first-order valence-corrected chi connectivity index (χ1v) is 7.54. The summed E-state index contributed by atoms with van der Waals surface area (Å²) >= 11 is 0. The quantitative estimate of drug-likeness (QED) is 0.709. The molecule has 0 bridgehead atoms. The molecule has 2 amide bonds. The lowest BCUT2D eigenvalue weighted by atomic mass is 9.94. The minimum absolute atomic E-state index is 0.0274. The van der Waals surface area contributed by atoms with E-state index >= 15 is 0 Å². The zero-order valence-corrected chi connectivity index (χ0v) is 12.3. The predicted molar refractivity (Wildman–Crippen MR) is 75.0 cm³/mol. The van der Waals surface area contributed by atoms with Crippen molar-refractivity contribution in [1.82, 2.24) is 10.2 Å². The normalized spacial score (nSPS) is 36.0. The summed E-state index contributed by atoms with van der Waals surface area (Å²) in [6, 6.07) is 0. The van der Waals surface area contributed by atoms with Gasteiger partial charge in [-0.05, 0) is 11.5 Å². The van der Waals surface area contributed by atoms with E-state index in [2.05, 4.69) is 5.32 Å². The van der Waals surface area contributed by atoms with Crippen LogP contribution in [0.1, 0.15) is 6.42 Å². The highest BCUT2D eigenvalue weighted by molar-refractivity contribution is 5.99. The molecule has 122 valence electrons. The molecule has 8 heteroatoms. The second-order valence-electron chi connectivity index (χ2n) is 6.37. The lowest BCUT2D eigenvalue weighted by Gasteiger charge is -2.23. The molecule has 4 aliphatic rings. The number of hydrogen-bond donors (Lipinski definition) is 2. The highest BCUT2D eigenvalue weighted by Crippen LogP contribution is 2.56. The average molecular weight is 321 g/mol. The summed E-state index contributed by atoms with van der Waals surface area (Å²) in [5, 5.41) is 2.73. The summed E-state index contributed by atoms with van der Waals surface area (Å²) < 4.78 is 19.7. The summed E-state index contributed by atoms with van der Waals surface area (Å²) in [4.78, 5) is 36.6. The van der Waals surface area contributed by atoms with E-state index in [9.17, 15) is 18.8 Å². The van der Waals surface area contributed by atoms with Gasteiger partial charge in [0, 0.05) is 25.0 Å². The fraction of sp³-hybridized carbons (Fsp3) is 0.533. The Balaban J connectivity index is 1.55. The Morgan fingerprint density at radius 2 is 2.17 bits per heavy atom. The third kappa shape index (κ3) is 2.16. The second kappa shape index (κ2) is 4.89. The molecule has 23 heavy (non-hydrogen) atoms. The van der Waals surface area contributed by atoms with E-state index in [1.165, 1.54) is 11.0 Å². The Kier molecular flexibility index (Phi) is 3.06. The van der Waals surface area contributed by atoms with Crippen molar-refractivity contribution in [3.63, 3.8) is 0 Å². The van der Waals surface area contributed by atoms with Crippen LogP contribution in [0, 0.1) is 17.8 Å². The van der Waals surface area contributed by atoms with Gasteiger partial charge >= 0.3 is 0 Å². The Hall–Kier alpha value is -2.22. The molecular formula is C15H16FN3O4. The zero-order chi connectivity index (χ0) is 16.3. The molecule has 4 atom stereocenters. The van der Waals surface area contributed by atoms with Gasteiger partial charge in [0.05, 0.1) is 18.2 Å². The Morgan fingerprint density at radius 1 is 1.39 bits per heavy atom. The van der Waals surface area contributed by atoms with Crippen molar-refractivity contribution < 1.29 is 23.5 Å². The van der Waals surface area contributed by atoms with E-state index in [1.807, 2.05) is 0 Å². The number of carbonyl (C=O) groups excluding carboxylic acids is 3. The minimum atomic E-state index is -0.788. The van der Waals surface area contributed by atoms with Gasteiger partial charge in [0.2, 0.25) is 11.8 Å². The highest BCUT2D eigenvalue weighted by Gasteiger charge is 2.60. The summed E-state index contributed by atoms with van der Waals surface area (Å²) in [5.41, 5.74) is 5.80. The van der Waals surface area contributed by atoms with E-state index in [0.717, 1.165) is 0 Å². The van der Waals surface area contributed by atoms with Crippen LogP contribution in [0.25, 0.3) is 0 Å². The van der Waals surface area contributed by atoms with Crippen LogP contribution in [0.15, 0.2) is 23.2 Å². The zero-order valence-electron chi connectivity index (χ0n) is 12.3. The van der Waals surface area contributed by atoms with Crippen LogP contribution in [0.3, 0.4) is 0 Å².